The van der Waals surface area contributed by atoms with Crippen LogP contribution in [0.1, 0.15) is 26.7 Å². The number of aromatic nitrogens is 1. The van der Waals surface area contributed by atoms with E-state index in [4.69, 9.17) is 9.47 Å². The minimum absolute atomic E-state index is 0.0903. The highest BCUT2D eigenvalue weighted by Gasteiger charge is 2.29. The molecule has 3 rings (SSSR count). The van der Waals surface area contributed by atoms with Crippen LogP contribution in [0.2, 0.25) is 0 Å². The maximum Gasteiger partial charge on any atom is 0.320 e. The molecule has 1 aromatic carbocycles. The molecule has 132 valence electrons. The van der Waals surface area contributed by atoms with E-state index in [1.807, 2.05) is 44.2 Å². The van der Waals surface area contributed by atoms with Crippen LogP contribution in [0.4, 0.5) is 10.6 Å². The van der Waals surface area contributed by atoms with Gasteiger partial charge in [0.2, 0.25) is 5.88 Å². The first-order chi connectivity index (χ1) is 12.0. The topological polar surface area (TPSA) is 72.5 Å². The van der Waals surface area contributed by atoms with Gasteiger partial charge in [-0.1, -0.05) is 24.3 Å². The molecular weight excluding hydrogens is 318 g/mol. The number of urea groups is 1. The van der Waals surface area contributed by atoms with Gasteiger partial charge >= 0.3 is 6.03 Å². The number of nitrogens with zero attached hydrogens (tertiary/aromatic N) is 1. The molecule has 1 aliphatic rings. The van der Waals surface area contributed by atoms with E-state index in [9.17, 15) is 4.79 Å². The van der Waals surface area contributed by atoms with Gasteiger partial charge in [-0.3, -0.25) is 5.32 Å². The number of anilines is 1. The number of nitrogens with one attached hydrogen (secondary N) is 2. The van der Waals surface area contributed by atoms with Crippen molar-refractivity contribution in [1.29, 1.82) is 0 Å². The number of hydrogen-bond acceptors (Lipinski definition) is 4. The third-order valence-corrected chi connectivity index (χ3v) is 3.96. The summed E-state index contributed by atoms with van der Waals surface area (Å²) in [7, 11) is 0. The first-order valence-corrected chi connectivity index (χ1v) is 8.42. The highest BCUT2D eigenvalue weighted by Crippen LogP contribution is 2.24. The van der Waals surface area contributed by atoms with Gasteiger partial charge in [-0.25, -0.2) is 4.79 Å². The molecule has 0 saturated carbocycles. The van der Waals surface area contributed by atoms with Crippen molar-refractivity contribution in [1.82, 2.24) is 10.3 Å². The predicted molar refractivity (Wildman–Crippen MR) is 96.0 cm³/mol. The van der Waals surface area contributed by atoms with Gasteiger partial charge < -0.3 is 14.8 Å². The third kappa shape index (κ3) is 5.19. The third-order valence-electron chi connectivity index (χ3n) is 3.96. The average molecular weight is 341 g/mol. The van der Waals surface area contributed by atoms with Crippen LogP contribution in [0.5, 0.6) is 11.6 Å². The molecule has 1 aromatic heterocycles. The van der Waals surface area contributed by atoms with Gasteiger partial charge in [0, 0.05) is 18.7 Å². The average Bonchev–Trinajstić information content (AvgIpc) is 2.55. The van der Waals surface area contributed by atoms with Gasteiger partial charge in [0.1, 0.15) is 11.6 Å². The summed E-state index contributed by atoms with van der Waals surface area (Å²) >= 11 is 0. The number of carbonyl (C=O) groups is 1. The molecule has 2 heterocycles. The number of pyridine rings is 1. The molecule has 1 aliphatic heterocycles. The van der Waals surface area contributed by atoms with Crippen LogP contribution < -0.4 is 15.4 Å². The van der Waals surface area contributed by atoms with E-state index in [0.29, 0.717) is 24.1 Å². The Morgan fingerprint density at radius 2 is 2.00 bits per heavy atom. The van der Waals surface area contributed by atoms with Gasteiger partial charge in [0.15, 0.2) is 0 Å². The van der Waals surface area contributed by atoms with Gasteiger partial charge in [0.05, 0.1) is 5.60 Å². The Morgan fingerprint density at radius 1 is 1.20 bits per heavy atom. The van der Waals surface area contributed by atoms with Crippen LogP contribution in [0.25, 0.3) is 0 Å². The molecule has 0 spiro atoms. The molecule has 1 unspecified atom stereocenters. The quantitative estimate of drug-likeness (QED) is 0.883. The Kier molecular flexibility index (Phi) is 5.19. The molecule has 25 heavy (non-hydrogen) atoms. The first kappa shape index (κ1) is 17.2. The summed E-state index contributed by atoms with van der Waals surface area (Å²) in [5, 5.41) is 5.74. The molecule has 1 saturated heterocycles. The lowest BCUT2D eigenvalue weighted by atomic mass is 9.94. The van der Waals surface area contributed by atoms with E-state index < -0.39 is 0 Å². The summed E-state index contributed by atoms with van der Waals surface area (Å²) in [4.78, 5) is 16.5. The zero-order valence-electron chi connectivity index (χ0n) is 14.5. The molecule has 6 nitrogen and oxygen atoms in total. The van der Waals surface area contributed by atoms with Gasteiger partial charge in [-0.2, -0.15) is 4.98 Å². The Labute approximate surface area is 147 Å². The van der Waals surface area contributed by atoms with Crippen molar-refractivity contribution in [2.24, 2.45) is 0 Å². The number of ether oxygens (including phenoxy) is 2. The zero-order valence-corrected chi connectivity index (χ0v) is 14.5. The van der Waals surface area contributed by atoms with E-state index in [2.05, 4.69) is 15.6 Å². The summed E-state index contributed by atoms with van der Waals surface area (Å²) in [5.41, 5.74) is -0.210. The number of rotatable bonds is 4. The van der Waals surface area contributed by atoms with Crippen LogP contribution in [0, 0.1) is 0 Å². The fourth-order valence-electron chi connectivity index (χ4n) is 2.84. The van der Waals surface area contributed by atoms with E-state index in [1.165, 1.54) is 0 Å². The molecule has 1 fully saturated rings. The number of benzene rings is 1. The van der Waals surface area contributed by atoms with Gasteiger partial charge in [-0.15, -0.1) is 0 Å². The van der Waals surface area contributed by atoms with Gasteiger partial charge in [-0.05, 0) is 44.9 Å². The predicted octanol–water partition coefficient (Wildman–Crippen LogP) is 3.95. The lowest BCUT2D eigenvalue weighted by Gasteiger charge is -2.35. The Balaban J connectivity index is 1.57. The summed E-state index contributed by atoms with van der Waals surface area (Å²) in [6, 6.07) is 14.5. The van der Waals surface area contributed by atoms with Crippen LogP contribution in [0.3, 0.4) is 0 Å². The fourth-order valence-corrected chi connectivity index (χ4v) is 2.84. The highest BCUT2D eigenvalue weighted by molar-refractivity contribution is 5.88. The van der Waals surface area contributed by atoms with Crippen molar-refractivity contribution in [3.8, 4) is 11.6 Å². The summed E-state index contributed by atoms with van der Waals surface area (Å²) < 4.78 is 11.3. The SMILES string of the molecule is CC1(C)CC(NC(=O)Nc2cccc(Oc3ccccc3)n2)CCO1. The minimum atomic E-state index is -0.271. The maximum atomic E-state index is 12.2. The van der Waals surface area contributed by atoms with E-state index in [0.717, 1.165) is 12.8 Å². The molecule has 6 heteroatoms. The second-order valence-electron chi connectivity index (χ2n) is 6.67. The van der Waals surface area contributed by atoms with Crippen molar-refractivity contribution in [3.05, 3.63) is 48.5 Å². The van der Waals surface area contributed by atoms with Crippen molar-refractivity contribution in [2.75, 3.05) is 11.9 Å². The maximum absolute atomic E-state index is 12.2. The van der Waals surface area contributed by atoms with Crippen LogP contribution in [-0.2, 0) is 4.74 Å². The molecule has 2 N–H and O–H groups in total. The second kappa shape index (κ2) is 7.53. The molecule has 0 radical (unpaired) electrons. The molecule has 2 amide bonds. The summed E-state index contributed by atoms with van der Waals surface area (Å²) in [6.07, 6.45) is 1.59. The number of para-hydroxylation sites is 1. The summed E-state index contributed by atoms with van der Waals surface area (Å²) in [6.45, 7) is 4.71. The molecule has 0 aliphatic carbocycles. The Bertz CT molecular complexity index is 719. The smallest absolute Gasteiger partial charge is 0.320 e. The lowest BCUT2D eigenvalue weighted by molar-refractivity contribution is -0.0609. The second-order valence-corrected chi connectivity index (χ2v) is 6.67. The van der Waals surface area contributed by atoms with E-state index >= 15 is 0 Å². The van der Waals surface area contributed by atoms with Crippen molar-refractivity contribution in [3.63, 3.8) is 0 Å². The minimum Gasteiger partial charge on any atom is -0.439 e. The number of hydrogen-bond donors (Lipinski definition) is 2. The molecule has 1 atom stereocenters. The lowest BCUT2D eigenvalue weighted by Crippen LogP contribution is -2.47. The monoisotopic (exact) mass is 341 g/mol. The van der Waals surface area contributed by atoms with Crippen molar-refractivity contribution < 1.29 is 14.3 Å². The van der Waals surface area contributed by atoms with Crippen molar-refractivity contribution in [2.45, 2.75) is 38.3 Å². The highest BCUT2D eigenvalue weighted by atomic mass is 16.5. The van der Waals surface area contributed by atoms with Crippen LogP contribution in [-0.4, -0.2) is 29.3 Å². The Morgan fingerprint density at radius 3 is 2.76 bits per heavy atom. The van der Waals surface area contributed by atoms with Crippen LogP contribution >= 0.6 is 0 Å². The van der Waals surface area contributed by atoms with E-state index in [-0.39, 0.29) is 17.7 Å². The van der Waals surface area contributed by atoms with E-state index in [1.54, 1.807) is 18.2 Å². The molecular formula is C19H23N3O3. The zero-order chi connectivity index (χ0) is 17.7. The normalized spacial score (nSPS) is 19.0. The van der Waals surface area contributed by atoms with Crippen molar-refractivity contribution >= 4 is 11.8 Å². The Hall–Kier alpha value is -2.60. The fraction of sp³-hybridized carbons (Fsp3) is 0.368. The van der Waals surface area contributed by atoms with Crippen LogP contribution in [0.15, 0.2) is 48.5 Å². The first-order valence-electron chi connectivity index (χ1n) is 8.42. The standard InChI is InChI=1S/C19H23N3O3/c1-19(2)13-14(11-12-24-19)20-18(23)22-16-9-6-10-17(21-16)25-15-7-4-3-5-8-15/h3-10,14H,11-13H2,1-2H3,(H2,20,21,22,23). The number of amides is 2. The molecule has 0 bridgehead atoms. The largest absolute Gasteiger partial charge is 0.439 e. The van der Waals surface area contributed by atoms with Gasteiger partial charge in [0.25, 0.3) is 0 Å². The number of carbonyl (C=O) groups excluding carboxylic acids is 1. The summed E-state index contributed by atoms with van der Waals surface area (Å²) in [5.74, 6) is 1.56. The molecule has 2 aromatic rings.